The van der Waals surface area contributed by atoms with Gasteiger partial charge >= 0.3 is 0 Å². The third kappa shape index (κ3) is 5.33. The van der Waals surface area contributed by atoms with Crippen molar-refractivity contribution in [2.24, 2.45) is 0 Å². The summed E-state index contributed by atoms with van der Waals surface area (Å²) in [5, 5.41) is 6.16. The van der Waals surface area contributed by atoms with Crippen molar-refractivity contribution in [1.82, 2.24) is 4.98 Å². The molecule has 0 atom stereocenters. The fourth-order valence-electron chi connectivity index (χ4n) is 2.93. The van der Waals surface area contributed by atoms with Crippen molar-refractivity contribution in [3.8, 4) is 17.0 Å². The van der Waals surface area contributed by atoms with Gasteiger partial charge in [-0.1, -0.05) is 35.4 Å². The average Bonchev–Trinajstić information content (AvgIpc) is 3.08. The van der Waals surface area contributed by atoms with Crippen molar-refractivity contribution in [2.45, 2.75) is 33.6 Å². The Morgan fingerprint density at radius 1 is 1.14 bits per heavy atom. The fourth-order valence-corrected chi connectivity index (χ4v) is 3.88. The number of carbonyl (C=O) groups is 1. The number of nitrogens with zero attached hydrogens (tertiary/aromatic N) is 1. The van der Waals surface area contributed by atoms with Crippen molar-refractivity contribution in [3.05, 3.63) is 63.5 Å². The number of anilines is 1. The summed E-state index contributed by atoms with van der Waals surface area (Å²) in [6, 6.07) is 11.8. The Morgan fingerprint density at radius 2 is 1.96 bits per heavy atom. The summed E-state index contributed by atoms with van der Waals surface area (Å²) >= 11 is 7.38. The van der Waals surface area contributed by atoms with Gasteiger partial charge in [-0.3, -0.25) is 4.79 Å². The number of thiazole rings is 1. The van der Waals surface area contributed by atoms with Gasteiger partial charge in [-0.15, -0.1) is 11.3 Å². The molecule has 2 aromatic carbocycles. The second kappa shape index (κ2) is 9.22. The third-order valence-electron chi connectivity index (χ3n) is 4.35. The van der Waals surface area contributed by atoms with Crippen LogP contribution in [0.5, 0.6) is 5.75 Å². The molecule has 146 valence electrons. The molecular formula is C22H23ClN2O2S. The van der Waals surface area contributed by atoms with Gasteiger partial charge in [0.2, 0.25) is 5.91 Å². The van der Waals surface area contributed by atoms with Gasteiger partial charge in [0, 0.05) is 22.4 Å². The Bertz CT molecular complexity index is 984. The smallest absolute Gasteiger partial charge is 0.226 e. The minimum absolute atomic E-state index is 0.0574. The largest absolute Gasteiger partial charge is 0.493 e. The summed E-state index contributed by atoms with van der Waals surface area (Å²) in [6.07, 6.45) is 1.01. The second-order valence-electron chi connectivity index (χ2n) is 6.77. The van der Waals surface area contributed by atoms with Crippen molar-refractivity contribution < 1.29 is 9.53 Å². The number of hydrogen-bond acceptors (Lipinski definition) is 4. The van der Waals surface area contributed by atoms with E-state index >= 15 is 0 Å². The van der Waals surface area contributed by atoms with E-state index in [1.165, 1.54) is 22.5 Å². The van der Waals surface area contributed by atoms with Crippen LogP contribution >= 0.6 is 22.9 Å². The molecule has 0 saturated heterocycles. The van der Waals surface area contributed by atoms with Gasteiger partial charge < -0.3 is 10.1 Å². The molecule has 0 aliphatic carbocycles. The van der Waals surface area contributed by atoms with E-state index in [9.17, 15) is 4.79 Å². The molecule has 1 heterocycles. The summed E-state index contributed by atoms with van der Waals surface area (Å²) < 4.78 is 5.73. The van der Waals surface area contributed by atoms with E-state index in [1.807, 2.05) is 24.4 Å². The molecule has 3 aromatic rings. The van der Waals surface area contributed by atoms with Gasteiger partial charge in [0.15, 0.2) is 5.13 Å². The molecule has 3 rings (SSSR count). The van der Waals surface area contributed by atoms with Gasteiger partial charge in [-0.05, 0) is 56.5 Å². The molecule has 1 N–H and O–H groups in total. The minimum atomic E-state index is -0.0574. The van der Waals surface area contributed by atoms with Gasteiger partial charge in [0.05, 0.1) is 12.3 Å². The van der Waals surface area contributed by atoms with E-state index in [0.717, 1.165) is 22.6 Å². The highest BCUT2D eigenvalue weighted by atomic mass is 35.5. The molecular weight excluding hydrogens is 392 g/mol. The third-order valence-corrected chi connectivity index (χ3v) is 5.34. The van der Waals surface area contributed by atoms with Gasteiger partial charge in [-0.25, -0.2) is 4.98 Å². The number of hydrogen-bond donors (Lipinski definition) is 1. The Balaban J connectivity index is 1.48. The van der Waals surface area contributed by atoms with E-state index in [2.05, 4.69) is 42.3 Å². The summed E-state index contributed by atoms with van der Waals surface area (Å²) in [5.74, 6) is 0.737. The highest BCUT2D eigenvalue weighted by Crippen LogP contribution is 2.28. The molecule has 4 nitrogen and oxygen atoms in total. The Labute approximate surface area is 174 Å². The molecule has 0 spiro atoms. The van der Waals surface area contributed by atoms with Gasteiger partial charge in [0.25, 0.3) is 0 Å². The fraction of sp³-hybridized carbons (Fsp3) is 0.273. The van der Waals surface area contributed by atoms with Crippen LogP contribution < -0.4 is 10.1 Å². The van der Waals surface area contributed by atoms with Crippen LogP contribution in [0.2, 0.25) is 5.02 Å². The maximum Gasteiger partial charge on any atom is 0.226 e. The monoisotopic (exact) mass is 414 g/mol. The molecule has 0 bridgehead atoms. The first-order chi connectivity index (χ1) is 13.4. The molecule has 0 unspecified atom stereocenters. The molecule has 0 aliphatic heterocycles. The van der Waals surface area contributed by atoms with E-state index in [-0.39, 0.29) is 5.91 Å². The summed E-state index contributed by atoms with van der Waals surface area (Å²) in [5.41, 5.74) is 5.37. The van der Waals surface area contributed by atoms with E-state index in [0.29, 0.717) is 29.6 Å². The van der Waals surface area contributed by atoms with Gasteiger partial charge in [0.1, 0.15) is 5.75 Å². The number of rotatable bonds is 7. The van der Waals surface area contributed by atoms with Gasteiger partial charge in [-0.2, -0.15) is 0 Å². The maximum absolute atomic E-state index is 12.2. The molecule has 0 radical (unpaired) electrons. The zero-order chi connectivity index (χ0) is 20.1. The van der Waals surface area contributed by atoms with Crippen molar-refractivity contribution in [1.29, 1.82) is 0 Å². The highest BCUT2D eigenvalue weighted by Gasteiger charge is 2.10. The number of amides is 1. The quantitative estimate of drug-likeness (QED) is 0.469. The standard InChI is InChI=1S/C22H23ClN2O2S/c1-14-6-8-18(15(2)11-14)19-13-28-22(24-19)25-21(26)5-4-10-27-20-9-7-17(23)12-16(20)3/h6-9,11-13H,4-5,10H2,1-3H3,(H,24,25,26). The van der Waals surface area contributed by atoms with Crippen LogP contribution in [-0.4, -0.2) is 17.5 Å². The summed E-state index contributed by atoms with van der Waals surface area (Å²) in [6.45, 7) is 6.56. The van der Waals surface area contributed by atoms with Crippen LogP contribution in [-0.2, 0) is 4.79 Å². The SMILES string of the molecule is Cc1ccc(-c2csc(NC(=O)CCCOc3ccc(Cl)cc3C)n2)c(C)c1. The first-order valence-electron chi connectivity index (χ1n) is 9.14. The molecule has 0 fully saturated rings. The Hall–Kier alpha value is -2.37. The highest BCUT2D eigenvalue weighted by molar-refractivity contribution is 7.14. The first kappa shape index (κ1) is 20.4. The molecule has 1 amide bonds. The van der Waals surface area contributed by atoms with Crippen LogP contribution in [0.15, 0.2) is 41.8 Å². The van der Waals surface area contributed by atoms with Crippen LogP contribution in [0.25, 0.3) is 11.3 Å². The maximum atomic E-state index is 12.2. The first-order valence-corrected chi connectivity index (χ1v) is 10.4. The molecule has 28 heavy (non-hydrogen) atoms. The zero-order valence-corrected chi connectivity index (χ0v) is 17.8. The number of benzene rings is 2. The predicted octanol–water partition coefficient (Wildman–Crippen LogP) is 6.19. The normalized spacial score (nSPS) is 10.7. The number of halogens is 1. The van der Waals surface area contributed by atoms with Crippen LogP contribution in [0, 0.1) is 20.8 Å². The average molecular weight is 415 g/mol. The molecule has 0 saturated carbocycles. The van der Waals surface area contributed by atoms with E-state index in [4.69, 9.17) is 16.3 Å². The number of ether oxygens (including phenoxy) is 1. The van der Waals surface area contributed by atoms with E-state index < -0.39 is 0 Å². The van der Waals surface area contributed by atoms with E-state index in [1.54, 1.807) is 6.07 Å². The zero-order valence-electron chi connectivity index (χ0n) is 16.2. The number of carbonyl (C=O) groups excluding carboxylic acids is 1. The topological polar surface area (TPSA) is 51.2 Å². The van der Waals surface area contributed by atoms with Crippen LogP contribution in [0.1, 0.15) is 29.5 Å². The van der Waals surface area contributed by atoms with Crippen molar-refractivity contribution >= 4 is 34.0 Å². The Morgan fingerprint density at radius 3 is 2.71 bits per heavy atom. The van der Waals surface area contributed by atoms with Crippen molar-refractivity contribution in [2.75, 3.05) is 11.9 Å². The van der Waals surface area contributed by atoms with Crippen LogP contribution in [0.4, 0.5) is 5.13 Å². The molecule has 1 aromatic heterocycles. The Kier molecular flexibility index (Phi) is 6.70. The summed E-state index contributed by atoms with van der Waals surface area (Å²) in [4.78, 5) is 16.7. The number of aromatic nitrogens is 1. The lowest BCUT2D eigenvalue weighted by molar-refractivity contribution is -0.116. The predicted molar refractivity (Wildman–Crippen MR) is 117 cm³/mol. The minimum Gasteiger partial charge on any atom is -0.493 e. The lowest BCUT2D eigenvalue weighted by Crippen LogP contribution is -2.12. The summed E-state index contributed by atoms with van der Waals surface area (Å²) in [7, 11) is 0. The lowest BCUT2D eigenvalue weighted by atomic mass is 10.0. The second-order valence-corrected chi connectivity index (χ2v) is 8.06. The number of nitrogens with one attached hydrogen (secondary N) is 1. The molecule has 6 heteroatoms. The molecule has 0 aliphatic rings. The lowest BCUT2D eigenvalue weighted by Gasteiger charge is -2.09. The van der Waals surface area contributed by atoms with Crippen LogP contribution in [0.3, 0.4) is 0 Å². The van der Waals surface area contributed by atoms with Crippen molar-refractivity contribution in [3.63, 3.8) is 0 Å². The number of aryl methyl sites for hydroxylation is 3.